The zero-order valence-corrected chi connectivity index (χ0v) is 14.8. The number of carbonyl (C=O) groups is 1. The Morgan fingerprint density at radius 3 is 2.64 bits per heavy atom. The molecule has 2 aromatic heterocycles. The first-order valence-electron chi connectivity index (χ1n) is 8.48. The molecule has 0 bridgehead atoms. The van der Waals surface area contributed by atoms with Gasteiger partial charge >= 0.3 is 0 Å². The molecule has 0 fully saturated rings. The van der Waals surface area contributed by atoms with Gasteiger partial charge in [-0.1, -0.05) is 37.3 Å². The lowest BCUT2D eigenvalue weighted by Gasteiger charge is -2.15. The van der Waals surface area contributed by atoms with Gasteiger partial charge in [-0.25, -0.2) is 4.98 Å². The highest BCUT2D eigenvalue weighted by Crippen LogP contribution is 2.20. The van der Waals surface area contributed by atoms with Crippen LogP contribution in [0.4, 0.5) is 0 Å². The monoisotopic (exact) mass is 337 g/mol. The van der Waals surface area contributed by atoms with Gasteiger partial charge in [0.2, 0.25) is 5.91 Å². The molecule has 0 aliphatic rings. The molecule has 0 saturated carbocycles. The first-order valence-corrected chi connectivity index (χ1v) is 8.48. The van der Waals surface area contributed by atoms with Gasteiger partial charge in [-0.15, -0.1) is 0 Å². The van der Waals surface area contributed by atoms with Crippen molar-refractivity contribution >= 4 is 5.91 Å². The van der Waals surface area contributed by atoms with Crippen molar-refractivity contribution in [2.75, 3.05) is 0 Å². The number of nitrogens with zero attached hydrogens (tertiary/aromatic N) is 2. The second-order valence-corrected chi connectivity index (χ2v) is 6.17. The number of aryl methyl sites for hydroxylation is 2. The molecule has 3 rings (SSSR count). The summed E-state index contributed by atoms with van der Waals surface area (Å²) >= 11 is 0. The van der Waals surface area contributed by atoms with Crippen LogP contribution in [0.5, 0.6) is 0 Å². The molecule has 2 heterocycles. The van der Waals surface area contributed by atoms with Crippen LogP contribution in [0, 0.1) is 13.8 Å². The molecule has 130 valence electrons. The standard InChI is InChI=1S/C19H23N5O/c1-4-16(21-18(25)10-15-12(2)23-24-13(15)3)19-20-11-17(22-19)14-8-6-5-7-9-14/h5-9,11,16H,4,10H2,1-3H3,(H,20,22)(H,21,25)(H,23,24)/t16-/m1/s1. The van der Waals surface area contributed by atoms with Crippen molar-refractivity contribution in [3.05, 3.63) is 59.3 Å². The molecule has 1 aromatic carbocycles. The van der Waals surface area contributed by atoms with Gasteiger partial charge in [0.05, 0.1) is 30.0 Å². The molecule has 0 radical (unpaired) electrons. The predicted molar refractivity (Wildman–Crippen MR) is 97.0 cm³/mol. The van der Waals surface area contributed by atoms with E-state index in [0.29, 0.717) is 6.42 Å². The maximum Gasteiger partial charge on any atom is 0.225 e. The number of imidazole rings is 1. The largest absolute Gasteiger partial charge is 0.346 e. The van der Waals surface area contributed by atoms with Crippen LogP contribution < -0.4 is 5.32 Å². The van der Waals surface area contributed by atoms with Crippen LogP contribution in [0.15, 0.2) is 36.5 Å². The summed E-state index contributed by atoms with van der Waals surface area (Å²) in [6.07, 6.45) is 2.89. The molecule has 6 heteroatoms. The Morgan fingerprint density at radius 1 is 1.24 bits per heavy atom. The van der Waals surface area contributed by atoms with Gasteiger partial charge in [0, 0.05) is 11.3 Å². The van der Waals surface area contributed by atoms with Crippen LogP contribution in [-0.4, -0.2) is 26.1 Å². The average Bonchev–Trinajstić information content (AvgIpc) is 3.23. The minimum atomic E-state index is -0.141. The minimum absolute atomic E-state index is 0.0305. The third kappa shape index (κ3) is 3.79. The highest BCUT2D eigenvalue weighted by atomic mass is 16.1. The summed E-state index contributed by atoms with van der Waals surface area (Å²) in [5, 5.41) is 10.1. The molecule has 6 nitrogen and oxygen atoms in total. The number of H-pyrrole nitrogens is 2. The summed E-state index contributed by atoms with van der Waals surface area (Å²) in [5.74, 6) is 0.743. The van der Waals surface area contributed by atoms with E-state index >= 15 is 0 Å². The maximum absolute atomic E-state index is 12.4. The maximum atomic E-state index is 12.4. The first kappa shape index (κ1) is 17.0. The molecular weight excluding hydrogens is 314 g/mol. The van der Waals surface area contributed by atoms with Crippen molar-refractivity contribution in [3.63, 3.8) is 0 Å². The van der Waals surface area contributed by atoms with E-state index in [9.17, 15) is 4.79 Å². The Hall–Kier alpha value is -2.89. The molecule has 0 aliphatic heterocycles. The second kappa shape index (κ2) is 7.34. The Kier molecular flexibility index (Phi) is 4.97. The van der Waals surface area contributed by atoms with Crippen LogP contribution in [0.25, 0.3) is 11.3 Å². The molecule has 0 spiro atoms. The number of aromatic nitrogens is 4. The van der Waals surface area contributed by atoms with Gasteiger partial charge < -0.3 is 10.3 Å². The van der Waals surface area contributed by atoms with Gasteiger partial charge in [-0.05, 0) is 25.8 Å². The third-order valence-corrected chi connectivity index (χ3v) is 4.37. The van der Waals surface area contributed by atoms with Gasteiger partial charge in [-0.3, -0.25) is 9.89 Å². The highest BCUT2D eigenvalue weighted by Gasteiger charge is 2.18. The van der Waals surface area contributed by atoms with E-state index in [4.69, 9.17) is 0 Å². The molecule has 0 saturated heterocycles. The van der Waals surface area contributed by atoms with Gasteiger partial charge in [-0.2, -0.15) is 5.10 Å². The molecule has 0 aliphatic carbocycles. The minimum Gasteiger partial charge on any atom is -0.346 e. The topological polar surface area (TPSA) is 86.5 Å². The van der Waals surface area contributed by atoms with Crippen LogP contribution in [0.2, 0.25) is 0 Å². The lowest BCUT2D eigenvalue weighted by Crippen LogP contribution is -2.30. The summed E-state index contributed by atoms with van der Waals surface area (Å²) in [6.45, 7) is 5.87. The first-order chi connectivity index (χ1) is 12.1. The smallest absolute Gasteiger partial charge is 0.225 e. The number of benzene rings is 1. The van der Waals surface area contributed by atoms with E-state index in [-0.39, 0.29) is 11.9 Å². The van der Waals surface area contributed by atoms with E-state index in [2.05, 4.69) is 25.5 Å². The zero-order chi connectivity index (χ0) is 17.8. The fourth-order valence-electron chi connectivity index (χ4n) is 2.88. The number of hydrogen-bond donors (Lipinski definition) is 3. The molecule has 0 unspecified atom stereocenters. The number of carbonyl (C=O) groups excluding carboxylic acids is 1. The third-order valence-electron chi connectivity index (χ3n) is 4.37. The van der Waals surface area contributed by atoms with Crippen molar-refractivity contribution in [2.24, 2.45) is 0 Å². The summed E-state index contributed by atoms with van der Waals surface area (Å²) < 4.78 is 0. The normalized spacial score (nSPS) is 12.1. The van der Waals surface area contributed by atoms with Crippen LogP contribution in [-0.2, 0) is 11.2 Å². The molecule has 3 N–H and O–H groups in total. The van der Waals surface area contributed by atoms with Crippen molar-refractivity contribution in [1.29, 1.82) is 0 Å². The van der Waals surface area contributed by atoms with Crippen molar-refractivity contribution < 1.29 is 4.79 Å². The molecule has 1 atom stereocenters. The Morgan fingerprint density at radius 2 is 2.00 bits per heavy atom. The lowest BCUT2D eigenvalue weighted by molar-refractivity contribution is -0.121. The second-order valence-electron chi connectivity index (χ2n) is 6.17. The quantitative estimate of drug-likeness (QED) is 0.645. The molecule has 1 amide bonds. The summed E-state index contributed by atoms with van der Waals surface area (Å²) in [4.78, 5) is 20.2. The average molecular weight is 337 g/mol. The number of aromatic amines is 2. The van der Waals surface area contributed by atoms with E-state index in [1.54, 1.807) is 0 Å². The van der Waals surface area contributed by atoms with Gasteiger partial charge in [0.15, 0.2) is 0 Å². The fourth-order valence-corrected chi connectivity index (χ4v) is 2.88. The van der Waals surface area contributed by atoms with Gasteiger partial charge in [0.1, 0.15) is 5.82 Å². The number of hydrogen-bond acceptors (Lipinski definition) is 3. The summed E-state index contributed by atoms with van der Waals surface area (Å²) in [7, 11) is 0. The van der Waals surface area contributed by atoms with E-state index in [0.717, 1.165) is 40.5 Å². The lowest BCUT2D eigenvalue weighted by atomic mass is 10.1. The predicted octanol–water partition coefficient (Wildman–Crippen LogP) is 3.23. The Bertz CT molecular complexity index is 830. The summed E-state index contributed by atoms with van der Waals surface area (Å²) in [6, 6.07) is 9.88. The van der Waals surface area contributed by atoms with E-state index in [1.807, 2.05) is 57.3 Å². The highest BCUT2D eigenvalue weighted by molar-refractivity contribution is 5.79. The number of amides is 1. The van der Waals surface area contributed by atoms with Gasteiger partial charge in [0.25, 0.3) is 0 Å². The molecule has 3 aromatic rings. The van der Waals surface area contributed by atoms with Crippen molar-refractivity contribution in [1.82, 2.24) is 25.5 Å². The van der Waals surface area contributed by atoms with Crippen LogP contribution >= 0.6 is 0 Å². The summed E-state index contributed by atoms with van der Waals surface area (Å²) in [5.41, 5.74) is 4.78. The molecular formula is C19H23N5O. The number of rotatable bonds is 6. The van der Waals surface area contributed by atoms with Crippen molar-refractivity contribution in [2.45, 2.75) is 39.7 Å². The fraction of sp³-hybridized carbons (Fsp3) is 0.316. The molecule has 25 heavy (non-hydrogen) atoms. The van der Waals surface area contributed by atoms with Crippen molar-refractivity contribution in [3.8, 4) is 11.3 Å². The van der Waals surface area contributed by atoms with E-state index in [1.165, 1.54) is 0 Å². The zero-order valence-electron chi connectivity index (χ0n) is 14.8. The SMILES string of the molecule is CC[C@@H](NC(=O)Cc1c(C)n[nH]c1C)c1ncc(-c2ccccc2)[nH]1. The Balaban J connectivity index is 1.70. The number of nitrogens with one attached hydrogen (secondary N) is 3. The Labute approximate surface area is 147 Å². The van der Waals surface area contributed by atoms with Crippen LogP contribution in [0.1, 0.15) is 42.2 Å². The van der Waals surface area contributed by atoms with Crippen LogP contribution in [0.3, 0.4) is 0 Å². The van der Waals surface area contributed by atoms with E-state index < -0.39 is 0 Å².